The minimum Gasteiger partial charge on any atom is -0.508 e. The molecule has 1 N–H and O–H groups in total. The van der Waals surface area contributed by atoms with Crippen LogP contribution in [-0.4, -0.2) is 15.3 Å². The first-order chi connectivity index (χ1) is 8.13. The van der Waals surface area contributed by atoms with E-state index < -0.39 is 0 Å². The predicted molar refractivity (Wildman–Crippen MR) is 73.7 cm³/mol. The van der Waals surface area contributed by atoms with Crippen LogP contribution < -0.4 is 0 Å². The minimum absolute atomic E-state index is 0.256. The number of halogens is 1. The normalized spacial score (nSPS) is 12.6. The molecule has 1 unspecified atom stereocenters. The Hall–Kier alpha value is -0.940. The van der Waals surface area contributed by atoms with Crippen LogP contribution in [0.15, 0.2) is 18.2 Å². The van der Waals surface area contributed by atoms with Crippen molar-refractivity contribution in [2.24, 2.45) is 0 Å². The van der Waals surface area contributed by atoms with Crippen LogP contribution in [0.2, 0.25) is 0 Å². The van der Waals surface area contributed by atoms with E-state index in [-0.39, 0.29) is 4.83 Å². The quantitative estimate of drug-likeness (QED) is 0.869. The van der Waals surface area contributed by atoms with Crippen molar-refractivity contribution >= 4 is 27.3 Å². The molecule has 2 aromatic rings. The Morgan fingerprint density at radius 1 is 1.41 bits per heavy atom. The van der Waals surface area contributed by atoms with Crippen molar-refractivity contribution in [2.45, 2.75) is 25.1 Å². The zero-order valence-electron chi connectivity index (χ0n) is 9.64. The number of benzene rings is 1. The summed E-state index contributed by atoms with van der Waals surface area (Å²) in [4.78, 5) is 0.256. The van der Waals surface area contributed by atoms with Crippen LogP contribution in [-0.2, 0) is 0 Å². The summed E-state index contributed by atoms with van der Waals surface area (Å²) in [6, 6.07) is 5.46. The Labute approximate surface area is 113 Å². The van der Waals surface area contributed by atoms with Gasteiger partial charge in [-0.1, -0.05) is 46.3 Å². The van der Waals surface area contributed by atoms with Crippen molar-refractivity contribution in [1.82, 2.24) is 10.2 Å². The molecule has 3 nitrogen and oxygen atoms in total. The second-order valence-corrected chi connectivity index (χ2v) is 5.89. The van der Waals surface area contributed by atoms with Crippen LogP contribution in [0, 0.1) is 6.92 Å². The molecule has 2 rings (SSSR count). The number of phenols is 1. The molecule has 0 aliphatic heterocycles. The molecule has 0 spiro atoms. The lowest BCUT2D eigenvalue weighted by Gasteiger charge is -2.03. The van der Waals surface area contributed by atoms with Gasteiger partial charge in [0.05, 0.1) is 4.83 Å². The number of nitrogens with zero attached hydrogens (tertiary/aromatic N) is 2. The lowest BCUT2D eigenvalue weighted by Crippen LogP contribution is -1.85. The van der Waals surface area contributed by atoms with E-state index in [9.17, 15) is 5.11 Å². The monoisotopic (exact) mass is 312 g/mol. The van der Waals surface area contributed by atoms with Gasteiger partial charge >= 0.3 is 0 Å². The zero-order chi connectivity index (χ0) is 12.4. The van der Waals surface area contributed by atoms with Gasteiger partial charge in [-0.2, -0.15) is 0 Å². The number of phenolic OH excluding ortho intramolecular Hbond substituents is 1. The van der Waals surface area contributed by atoms with Gasteiger partial charge < -0.3 is 5.11 Å². The Bertz CT molecular complexity index is 527. The molecule has 1 heterocycles. The summed E-state index contributed by atoms with van der Waals surface area (Å²) in [5.74, 6) is 0.296. The number of aromatic nitrogens is 2. The molecular weight excluding hydrogens is 300 g/mol. The molecule has 17 heavy (non-hydrogen) atoms. The Morgan fingerprint density at radius 2 is 2.18 bits per heavy atom. The van der Waals surface area contributed by atoms with Crippen LogP contribution in [0.25, 0.3) is 10.6 Å². The molecule has 1 aromatic carbocycles. The third-order valence-electron chi connectivity index (χ3n) is 2.60. The third-order valence-corrected chi connectivity index (χ3v) is 5.06. The molecule has 1 atom stereocenters. The summed E-state index contributed by atoms with van der Waals surface area (Å²) in [7, 11) is 0. The average molecular weight is 313 g/mol. The molecule has 0 saturated carbocycles. The van der Waals surface area contributed by atoms with Gasteiger partial charge in [0, 0.05) is 11.1 Å². The van der Waals surface area contributed by atoms with E-state index in [2.05, 4.69) is 33.1 Å². The maximum atomic E-state index is 9.67. The van der Waals surface area contributed by atoms with Crippen LogP contribution in [0.4, 0.5) is 0 Å². The molecule has 0 bridgehead atoms. The Balaban J connectivity index is 2.40. The molecule has 0 saturated heterocycles. The van der Waals surface area contributed by atoms with E-state index in [1.165, 1.54) is 0 Å². The number of hydrogen-bond donors (Lipinski definition) is 1. The highest BCUT2D eigenvalue weighted by Crippen LogP contribution is 2.35. The van der Waals surface area contributed by atoms with Gasteiger partial charge in [0.15, 0.2) is 0 Å². The van der Waals surface area contributed by atoms with Crippen molar-refractivity contribution in [2.75, 3.05) is 0 Å². The summed E-state index contributed by atoms with van der Waals surface area (Å²) in [5, 5.41) is 19.9. The van der Waals surface area contributed by atoms with Gasteiger partial charge in [-0.05, 0) is 19.4 Å². The largest absolute Gasteiger partial charge is 0.508 e. The molecule has 0 amide bonds. The van der Waals surface area contributed by atoms with Crippen LogP contribution in [0.5, 0.6) is 5.75 Å². The van der Waals surface area contributed by atoms with Crippen LogP contribution >= 0.6 is 27.3 Å². The summed E-state index contributed by atoms with van der Waals surface area (Å²) in [6.45, 7) is 3.98. The van der Waals surface area contributed by atoms with E-state index in [4.69, 9.17) is 0 Å². The van der Waals surface area contributed by atoms with E-state index in [1.807, 2.05) is 19.1 Å². The highest BCUT2D eigenvalue weighted by Gasteiger charge is 2.14. The first kappa shape index (κ1) is 12.5. The lowest BCUT2D eigenvalue weighted by atomic mass is 10.1. The molecule has 5 heteroatoms. The third kappa shape index (κ3) is 2.50. The molecule has 0 radical (unpaired) electrons. The van der Waals surface area contributed by atoms with Crippen molar-refractivity contribution in [3.63, 3.8) is 0 Å². The summed E-state index contributed by atoms with van der Waals surface area (Å²) >= 11 is 5.12. The van der Waals surface area contributed by atoms with Crippen molar-refractivity contribution in [3.8, 4) is 16.3 Å². The molecule has 0 aliphatic carbocycles. The first-order valence-electron chi connectivity index (χ1n) is 5.40. The topological polar surface area (TPSA) is 46.0 Å². The second-order valence-electron chi connectivity index (χ2n) is 3.77. The standard InChI is InChI=1S/C12H13BrN2OS/c1-3-9(13)12-15-14-11(17-12)8-5-4-6-10(16)7(8)2/h4-6,9,16H,3H2,1-2H3. The van der Waals surface area contributed by atoms with E-state index in [1.54, 1.807) is 17.4 Å². The van der Waals surface area contributed by atoms with E-state index in [0.717, 1.165) is 27.6 Å². The highest BCUT2D eigenvalue weighted by molar-refractivity contribution is 9.09. The first-order valence-corrected chi connectivity index (χ1v) is 7.13. The summed E-state index contributed by atoms with van der Waals surface area (Å²) in [5.41, 5.74) is 1.79. The number of aromatic hydroxyl groups is 1. The van der Waals surface area contributed by atoms with Gasteiger partial charge in [0.25, 0.3) is 0 Å². The fourth-order valence-corrected chi connectivity index (χ4v) is 2.86. The lowest BCUT2D eigenvalue weighted by molar-refractivity contribution is 0.471. The van der Waals surface area contributed by atoms with Gasteiger partial charge in [-0.3, -0.25) is 0 Å². The molecule has 0 fully saturated rings. The number of alkyl halides is 1. The van der Waals surface area contributed by atoms with E-state index in [0.29, 0.717) is 5.75 Å². The van der Waals surface area contributed by atoms with Crippen molar-refractivity contribution < 1.29 is 5.11 Å². The van der Waals surface area contributed by atoms with Gasteiger partial charge in [0.1, 0.15) is 15.8 Å². The average Bonchev–Trinajstić information content (AvgIpc) is 2.81. The molecule has 90 valence electrons. The van der Waals surface area contributed by atoms with E-state index >= 15 is 0 Å². The smallest absolute Gasteiger partial charge is 0.148 e. The number of rotatable bonds is 3. The maximum absolute atomic E-state index is 9.67. The Kier molecular flexibility index (Phi) is 3.79. The van der Waals surface area contributed by atoms with Gasteiger partial charge in [0.2, 0.25) is 0 Å². The fourth-order valence-electron chi connectivity index (χ4n) is 1.50. The molecule has 1 aromatic heterocycles. The van der Waals surface area contributed by atoms with Crippen LogP contribution in [0.3, 0.4) is 0 Å². The number of hydrogen-bond acceptors (Lipinski definition) is 4. The summed E-state index contributed by atoms with van der Waals surface area (Å²) < 4.78 is 0. The fraction of sp³-hybridized carbons (Fsp3) is 0.333. The van der Waals surface area contributed by atoms with Crippen molar-refractivity contribution in [1.29, 1.82) is 0 Å². The summed E-state index contributed by atoms with van der Waals surface area (Å²) in [6.07, 6.45) is 0.980. The van der Waals surface area contributed by atoms with Gasteiger partial charge in [-0.15, -0.1) is 10.2 Å². The SMILES string of the molecule is CCC(Br)c1nnc(-c2cccc(O)c2C)s1. The second kappa shape index (κ2) is 5.14. The van der Waals surface area contributed by atoms with Crippen LogP contribution in [0.1, 0.15) is 28.7 Å². The van der Waals surface area contributed by atoms with Gasteiger partial charge in [-0.25, -0.2) is 0 Å². The molecular formula is C12H13BrN2OS. The molecule has 0 aliphatic rings. The maximum Gasteiger partial charge on any atom is 0.148 e. The minimum atomic E-state index is 0.256. The Morgan fingerprint density at radius 3 is 2.88 bits per heavy atom. The van der Waals surface area contributed by atoms with Crippen molar-refractivity contribution in [3.05, 3.63) is 28.8 Å². The highest BCUT2D eigenvalue weighted by atomic mass is 79.9. The predicted octanol–water partition coefficient (Wildman–Crippen LogP) is 4.07. The zero-order valence-corrected chi connectivity index (χ0v) is 12.0.